The topological polar surface area (TPSA) is 50.3 Å². The highest BCUT2D eigenvalue weighted by atomic mass is 32.2. The van der Waals surface area contributed by atoms with Gasteiger partial charge in [0.1, 0.15) is 11.6 Å². The predicted octanol–water partition coefficient (Wildman–Crippen LogP) is 2.80. The highest BCUT2D eigenvalue weighted by Gasteiger charge is 2.29. The van der Waals surface area contributed by atoms with Gasteiger partial charge < -0.3 is 0 Å². The molecule has 4 nitrogen and oxygen atoms in total. The number of thioether (sulfide) groups is 1. The highest BCUT2D eigenvalue weighted by Crippen LogP contribution is 2.36. The minimum absolute atomic E-state index is 0.0509. The number of rotatable bonds is 3. The largest absolute Gasteiger partial charge is 0.266 e. The molecule has 0 bridgehead atoms. The highest BCUT2D eigenvalue weighted by molar-refractivity contribution is 8.00. The third kappa shape index (κ3) is 2.93. The van der Waals surface area contributed by atoms with Crippen LogP contribution in [-0.2, 0) is 15.8 Å². The predicted molar refractivity (Wildman–Crippen MR) is 81.3 cm³/mol. The molecule has 0 aliphatic carbocycles. The number of aromatic nitrogens is 1. The van der Waals surface area contributed by atoms with Crippen molar-refractivity contribution in [3.05, 3.63) is 53.9 Å². The number of fused-ring (bicyclic) bond motifs is 1. The number of halogens is 2. The van der Waals surface area contributed by atoms with E-state index >= 15 is 0 Å². The number of pyridine rings is 1. The number of hydrogen-bond acceptors (Lipinski definition) is 4. The average molecular weight is 342 g/mol. The summed E-state index contributed by atoms with van der Waals surface area (Å²) in [6, 6.07) is 4.65. The van der Waals surface area contributed by atoms with Crippen LogP contribution >= 0.6 is 11.8 Å². The molecule has 0 spiro atoms. The van der Waals surface area contributed by atoms with Gasteiger partial charge in [0.05, 0.1) is 17.6 Å². The average Bonchev–Trinajstić information content (AvgIpc) is 2.49. The van der Waals surface area contributed by atoms with Gasteiger partial charge in [-0.25, -0.2) is 17.2 Å². The molecule has 0 saturated heterocycles. The fourth-order valence-corrected chi connectivity index (χ4v) is 4.98. The molecule has 3 rings (SSSR count). The van der Waals surface area contributed by atoms with Crippen LogP contribution in [0.3, 0.4) is 0 Å². The van der Waals surface area contributed by atoms with E-state index in [9.17, 15) is 17.2 Å². The van der Waals surface area contributed by atoms with Crippen LogP contribution in [-0.4, -0.2) is 25.7 Å². The van der Waals surface area contributed by atoms with Crippen LogP contribution in [0.1, 0.15) is 5.56 Å². The lowest BCUT2D eigenvalue weighted by atomic mass is 10.2. The molecule has 1 aliphatic heterocycles. The molecule has 2 heterocycles. The third-order valence-electron chi connectivity index (χ3n) is 3.27. The summed E-state index contributed by atoms with van der Waals surface area (Å²) in [6.07, 6.45) is 3.08. The Morgan fingerprint density at radius 3 is 2.86 bits per heavy atom. The van der Waals surface area contributed by atoms with Crippen molar-refractivity contribution in [2.75, 3.05) is 16.6 Å². The molecule has 0 N–H and O–H groups in total. The first-order valence-corrected chi connectivity index (χ1v) is 9.08. The van der Waals surface area contributed by atoms with E-state index in [0.717, 1.165) is 17.0 Å². The van der Waals surface area contributed by atoms with Crippen LogP contribution in [0.5, 0.6) is 0 Å². The molecule has 1 aromatic heterocycles. The van der Waals surface area contributed by atoms with E-state index < -0.39 is 27.4 Å². The first-order chi connectivity index (χ1) is 10.5. The van der Waals surface area contributed by atoms with Crippen molar-refractivity contribution in [3.63, 3.8) is 0 Å². The molecule has 0 radical (unpaired) electrons. The summed E-state index contributed by atoms with van der Waals surface area (Å²) >= 11 is 1.55. The van der Waals surface area contributed by atoms with Gasteiger partial charge in [0.2, 0.25) is 10.0 Å². The molecule has 0 amide bonds. The lowest BCUT2D eigenvalue weighted by molar-refractivity contribution is 0.568. The van der Waals surface area contributed by atoms with Crippen molar-refractivity contribution in [2.24, 2.45) is 0 Å². The molecule has 2 aromatic rings. The number of hydrogen-bond donors (Lipinski definition) is 0. The SMILES string of the molecule is O=S(=O)(Cc1ccc(F)cc1F)N1CCSc2ccncc21. The standard InChI is InChI=1S/C14H12F2N2O2S2/c15-11-2-1-10(12(16)7-11)9-22(19,20)18-5-6-21-14-3-4-17-8-13(14)18/h1-4,7-8H,5-6,9H2. The Hall–Kier alpha value is -1.67. The molecule has 1 aromatic carbocycles. The Morgan fingerprint density at radius 2 is 2.09 bits per heavy atom. The van der Waals surface area contributed by atoms with Crippen molar-refractivity contribution in [2.45, 2.75) is 10.6 Å². The van der Waals surface area contributed by atoms with Gasteiger partial charge >= 0.3 is 0 Å². The maximum Gasteiger partial charge on any atom is 0.239 e. The van der Waals surface area contributed by atoms with Crippen LogP contribution < -0.4 is 4.31 Å². The number of nitrogens with zero attached hydrogens (tertiary/aromatic N) is 2. The summed E-state index contributed by atoms with van der Waals surface area (Å²) in [7, 11) is -3.77. The fourth-order valence-electron chi connectivity index (χ4n) is 2.24. The van der Waals surface area contributed by atoms with Gasteiger partial charge in [0.15, 0.2) is 0 Å². The van der Waals surface area contributed by atoms with Crippen molar-refractivity contribution in [3.8, 4) is 0 Å². The summed E-state index contributed by atoms with van der Waals surface area (Å²) in [5.74, 6) is -1.50. The Labute approximate surface area is 131 Å². The summed E-state index contributed by atoms with van der Waals surface area (Å²) in [5, 5.41) is 0. The molecular formula is C14H12F2N2O2S2. The van der Waals surface area contributed by atoms with E-state index in [-0.39, 0.29) is 5.56 Å². The van der Waals surface area contributed by atoms with Crippen LogP contribution in [0.25, 0.3) is 0 Å². The smallest absolute Gasteiger partial charge is 0.239 e. The molecular weight excluding hydrogens is 330 g/mol. The van der Waals surface area contributed by atoms with E-state index in [1.807, 2.05) is 0 Å². The summed E-state index contributed by atoms with van der Waals surface area (Å²) < 4.78 is 53.0. The minimum atomic E-state index is -3.77. The zero-order valence-corrected chi connectivity index (χ0v) is 13.0. The van der Waals surface area contributed by atoms with Gasteiger partial charge in [-0.15, -0.1) is 11.8 Å². The van der Waals surface area contributed by atoms with Crippen LogP contribution in [0.2, 0.25) is 0 Å². The lowest BCUT2D eigenvalue weighted by Gasteiger charge is -2.29. The van der Waals surface area contributed by atoms with E-state index in [0.29, 0.717) is 24.1 Å². The summed E-state index contributed by atoms with van der Waals surface area (Å²) in [4.78, 5) is 4.78. The third-order valence-corrected chi connectivity index (χ3v) is 6.04. The molecule has 0 saturated carbocycles. The second-order valence-corrected chi connectivity index (χ2v) is 7.79. The first kappa shape index (κ1) is 15.2. The number of benzene rings is 1. The maximum absolute atomic E-state index is 13.7. The van der Waals surface area contributed by atoms with Crippen LogP contribution in [0, 0.1) is 11.6 Å². The Bertz CT molecular complexity index is 812. The van der Waals surface area contributed by atoms with Gasteiger partial charge in [-0.3, -0.25) is 9.29 Å². The van der Waals surface area contributed by atoms with Crippen molar-refractivity contribution >= 4 is 27.5 Å². The first-order valence-electron chi connectivity index (χ1n) is 6.48. The molecule has 22 heavy (non-hydrogen) atoms. The van der Waals surface area contributed by atoms with Crippen molar-refractivity contribution in [1.82, 2.24) is 4.98 Å². The van der Waals surface area contributed by atoms with E-state index in [2.05, 4.69) is 4.98 Å². The second kappa shape index (κ2) is 5.85. The van der Waals surface area contributed by atoms with Gasteiger partial charge in [-0.2, -0.15) is 0 Å². The minimum Gasteiger partial charge on any atom is -0.266 e. The molecule has 116 valence electrons. The maximum atomic E-state index is 13.7. The molecule has 1 aliphatic rings. The van der Waals surface area contributed by atoms with Crippen LogP contribution in [0.15, 0.2) is 41.6 Å². The number of sulfonamides is 1. The Morgan fingerprint density at radius 1 is 1.27 bits per heavy atom. The van der Waals surface area contributed by atoms with Gasteiger partial charge in [-0.1, -0.05) is 6.07 Å². The second-order valence-electron chi connectivity index (χ2n) is 4.76. The molecule has 0 fully saturated rings. The van der Waals surface area contributed by atoms with Gasteiger partial charge in [0, 0.05) is 35.0 Å². The monoisotopic (exact) mass is 342 g/mol. The Kier molecular flexibility index (Phi) is 4.05. The van der Waals surface area contributed by atoms with E-state index in [1.54, 1.807) is 24.0 Å². The molecule has 8 heteroatoms. The number of anilines is 1. The zero-order chi connectivity index (χ0) is 15.7. The van der Waals surface area contributed by atoms with E-state index in [4.69, 9.17) is 0 Å². The summed E-state index contributed by atoms with van der Waals surface area (Å²) in [5.41, 5.74) is 0.450. The van der Waals surface area contributed by atoms with Crippen molar-refractivity contribution < 1.29 is 17.2 Å². The van der Waals surface area contributed by atoms with E-state index in [1.165, 1.54) is 10.5 Å². The van der Waals surface area contributed by atoms with Gasteiger partial charge in [0.25, 0.3) is 0 Å². The quantitative estimate of drug-likeness (QED) is 0.861. The van der Waals surface area contributed by atoms with Crippen LogP contribution in [0.4, 0.5) is 14.5 Å². The normalized spacial score (nSPS) is 14.7. The Balaban J connectivity index is 1.94. The van der Waals surface area contributed by atoms with Gasteiger partial charge in [-0.05, 0) is 12.1 Å². The molecule has 0 unspecified atom stereocenters. The summed E-state index contributed by atoms with van der Waals surface area (Å²) in [6.45, 7) is 0.300. The fraction of sp³-hybridized carbons (Fsp3) is 0.214. The van der Waals surface area contributed by atoms with Crippen molar-refractivity contribution in [1.29, 1.82) is 0 Å². The molecule has 0 atom stereocenters. The lowest BCUT2D eigenvalue weighted by Crippen LogP contribution is -2.36. The zero-order valence-electron chi connectivity index (χ0n) is 11.4.